The fraction of sp³-hybridized carbons (Fsp3) is 0.667. The Hall–Kier alpha value is 0.1000. The van der Waals surface area contributed by atoms with Crippen LogP contribution in [0.25, 0.3) is 0 Å². The Kier molecular flexibility index (Phi) is 4.98. The van der Waals surface area contributed by atoms with E-state index in [0.717, 1.165) is 17.6 Å². The Morgan fingerprint density at radius 1 is 1.56 bits per heavy atom. The lowest BCUT2D eigenvalue weighted by Crippen LogP contribution is -2.38. The average Bonchev–Trinajstić information content (AvgIpc) is 2.49. The molecule has 0 aromatic carbocycles. The van der Waals surface area contributed by atoms with Gasteiger partial charge in [0.05, 0.1) is 6.10 Å². The first-order valence-electron chi connectivity index (χ1n) is 5.41. The lowest BCUT2D eigenvalue weighted by molar-refractivity contribution is 0.0394. The van der Waals surface area contributed by atoms with E-state index in [9.17, 15) is 5.11 Å². The average molecular weight is 306 g/mol. The zero-order valence-electron chi connectivity index (χ0n) is 10.3. The molecule has 1 rings (SSSR count). The minimum atomic E-state index is -0.287. The normalized spacial score (nSPS) is 14.4. The Balaban J connectivity index is 2.50. The second-order valence-corrected chi connectivity index (χ2v) is 6.98. The standard InChI is InChI=1S/C12H20BrNOS/c1-9(15)12(2,3)8-14(4)6-11-5-10(13)7-16-11/h5,7,9,15H,6,8H2,1-4H3. The maximum absolute atomic E-state index is 9.67. The van der Waals surface area contributed by atoms with Crippen molar-refractivity contribution in [2.24, 2.45) is 5.41 Å². The summed E-state index contributed by atoms with van der Waals surface area (Å²) in [5, 5.41) is 11.8. The number of thiophene rings is 1. The number of hydrogen-bond donors (Lipinski definition) is 1. The van der Waals surface area contributed by atoms with E-state index in [4.69, 9.17) is 0 Å². The van der Waals surface area contributed by atoms with Gasteiger partial charge < -0.3 is 10.0 Å². The van der Waals surface area contributed by atoms with Gasteiger partial charge in [-0.2, -0.15) is 0 Å². The van der Waals surface area contributed by atoms with Gasteiger partial charge >= 0.3 is 0 Å². The first-order valence-corrected chi connectivity index (χ1v) is 7.08. The topological polar surface area (TPSA) is 23.5 Å². The minimum absolute atomic E-state index is 0.0662. The molecule has 0 aliphatic heterocycles. The van der Waals surface area contributed by atoms with Gasteiger partial charge in [0.1, 0.15) is 0 Å². The summed E-state index contributed by atoms with van der Waals surface area (Å²) in [6, 6.07) is 2.15. The highest BCUT2D eigenvalue weighted by Crippen LogP contribution is 2.24. The van der Waals surface area contributed by atoms with Crippen molar-refractivity contribution in [3.05, 3.63) is 20.8 Å². The molecule has 0 bridgehead atoms. The highest BCUT2D eigenvalue weighted by atomic mass is 79.9. The smallest absolute Gasteiger partial charge is 0.0575 e. The van der Waals surface area contributed by atoms with Crippen LogP contribution in [0.15, 0.2) is 15.9 Å². The van der Waals surface area contributed by atoms with Crippen molar-refractivity contribution in [3.63, 3.8) is 0 Å². The van der Waals surface area contributed by atoms with Crippen molar-refractivity contribution < 1.29 is 5.11 Å². The summed E-state index contributed by atoms with van der Waals surface area (Å²) in [6.07, 6.45) is -0.287. The van der Waals surface area contributed by atoms with Gasteiger partial charge in [-0.3, -0.25) is 0 Å². The fourth-order valence-corrected chi connectivity index (χ4v) is 3.12. The van der Waals surface area contributed by atoms with E-state index in [1.54, 1.807) is 11.3 Å². The van der Waals surface area contributed by atoms with Gasteiger partial charge in [0.25, 0.3) is 0 Å². The molecule has 0 saturated heterocycles. The first-order chi connectivity index (χ1) is 7.31. The van der Waals surface area contributed by atoms with Crippen LogP contribution >= 0.6 is 27.3 Å². The van der Waals surface area contributed by atoms with Crippen LogP contribution in [0.3, 0.4) is 0 Å². The second-order valence-electron chi connectivity index (χ2n) is 5.07. The maximum atomic E-state index is 9.67. The number of rotatable bonds is 5. The van der Waals surface area contributed by atoms with Crippen molar-refractivity contribution in [2.45, 2.75) is 33.4 Å². The van der Waals surface area contributed by atoms with E-state index >= 15 is 0 Å². The van der Waals surface area contributed by atoms with Gasteiger partial charge in [-0.25, -0.2) is 0 Å². The largest absolute Gasteiger partial charge is 0.393 e. The SMILES string of the molecule is CC(O)C(C)(C)CN(C)Cc1cc(Br)cs1. The molecule has 2 nitrogen and oxygen atoms in total. The quantitative estimate of drug-likeness (QED) is 0.902. The number of hydrogen-bond acceptors (Lipinski definition) is 3. The molecule has 1 aromatic heterocycles. The zero-order chi connectivity index (χ0) is 12.3. The van der Waals surface area contributed by atoms with Crippen LogP contribution in [0.5, 0.6) is 0 Å². The molecule has 4 heteroatoms. The lowest BCUT2D eigenvalue weighted by atomic mass is 9.87. The van der Waals surface area contributed by atoms with Crippen LogP contribution in [0.2, 0.25) is 0 Å². The van der Waals surface area contributed by atoms with Crippen LogP contribution in [-0.4, -0.2) is 29.7 Å². The summed E-state index contributed by atoms with van der Waals surface area (Å²) < 4.78 is 1.15. The van der Waals surface area contributed by atoms with E-state index in [2.05, 4.69) is 53.2 Å². The Bertz CT molecular complexity index is 336. The van der Waals surface area contributed by atoms with Crippen LogP contribution in [0, 0.1) is 5.41 Å². The number of aliphatic hydroxyl groups excluding tert-OH is 1. The van der Waals surface area contributed by atoms with Crippen LogP contribution in [-0.2, 0) is 6.54 Å². The zero-order valence-corrected chi connectivity index (χ0v) is 12.7. The highest BCUT2D eigenvalue weighted by Gasteiger charge is 2.25. The molecule has 1 heterocycles. The van der Waals surface area contributed by atoms with Crippen molar-refractivity contribution in [1.29, 1.82) is 0 Å². The summed E-state index contributed by atoms with van der Waals surface area (Å²) in [6.45, 7) is 7.87. The van der Waals surface area contributed by atoms with Crippen molar-refractivity contribution in [2.75, 3.05) is 13.6 Å². The van der Waals surface area contributed by atoms with Gasteiger partial charge in [0, 0.05) is 33.2 Å². The third kappa shape index (κ3) is 4.17. The molecule has 92 valence electrons. The van der Waals surface area contributed by atoms with E-state index in [-0.39, 0.29) is 11.5 Å². The Morgan fingerprint density at radius 3 is 2.62 bits per heavy atom. The molecule has 0 radical (unpaired) electrons. The lowest BCUT2D eigenvalue weighted by Gasteiger charge is -2.32. The molecule has 1 N–H and O–H groups in total. The van der Waals surface area contributed by atoms with Gasteiger partial charge in [-0.15, -0.1) is 11.3 Å². The van der Waals surface area contributed by atoms with E-state index in [1.807, 2.05) is 6.92 Å². The number of aliphatic hydroxyl groups is 1. The molecule has 0 spiro atoms. The molecule has 0 fully saturated rings. The molecular formula is C12H20BrNOS. The fourth-order valence-electron chi connectivity index (χ4n) is 1.59. The molecule has 1 unspecified atom stereocenters. The van der Waals surface area contributed by atoms with Crippen molar-refractivity contribution in [3.8, 4) is 0 Å². The predicted molar refractivity (Wildman–Crippen MR) is 73.8 cm³/mol. The summed E-state index contributed by atoms with van der Waals surface area (Å²) in [5.41, 5.74) is -0.0662. The number of halogens is 1. The predicted octanol–water partition coefficient (Wildman–Crippen LogP) is 3.35. The molecule has 16 heavy (non-hydrogen) atoms. The summed E-state index contributed by atoms with van der Waals surface area (Å²) in [5.74, 6) is 0. The van der Waals surface area contributed by atoms with Crippen LogP contribution in [0.1, 0.15) is 25.6 Å². The first kappa shape index (κ1) is 14.2. The monoisotopic (exact) mass is 305 g/mol. The van der Waals surface area contributed by atoms with Crippen molar-refractivity contribution in [1.82, 2.24) is 4.90 Å². The molecule has 0 saturated carbocycles. The Morgan fingerprint density at radius 2 is 2.19 bits per heavy atom. The summed E-state index contributed by atoms with van der Waals surface area (Å²) in [4.78, 5) is 3.60. The molecular weight excluding hydrogens is 286 g/mol. The summed E-state index contributed by atoms with van der Waals surface area (Å²) >= 11 is 5.22. The molecule has 0 amide bonds. The highest BCUT2D eigenvalue weighted by molar-refractivity contribution is 9.10. The van der Waals surface area contributed by atoms with E-state index in [0.29, 0.717) is 0 Å². The molecule has 0 aliphatic rings. The van der Waals surface area contributed by atoms with Gasteiger partial charge in [0.15, 0.2) is 0 Å². The van der Waals surface area contributed by atoms with Gasteiger partial charge in [-0.1, -0.05) is 13.8 Å². The second kappa shape index (κ2) is 5.63. The van der Waals surface area contributed by atoms with E-state index < -0.39 is 0 Å². The van der Waals surface area contributed by atoms with Gasteiger partial charge in [-0.05, 0) is 36.0 Å². The third-order valence-corrected chi connectivity index (χ3v) is 4.54. The Labute approximate surface area is 110 Å². The maximum Gasteiger partial charge on any atom is 0.0575 e. The van der Waals surface area contributed by atoms with Crippen molar-refractivity contribution >= 4 is 27.3 Å². The van der Waals surface area contributed by atoms with E-state index in [1.165, 1.54) is 4.88 Å². The van der Waals surface area contributed by atoms with Crippen LogP contribution < -0.4 is 0 Å². The van der Waals surface area contributed by atoms with Gasteiger partial charge in [0.2, 0.25) is 0 Å². The molecule has 0 aliphatic carbocycles. The minimum Gasteiger partial charge on any atom is -0.393 e. The van der Waals surface area contributed by atoms with Crippen LogP contribution in [0.4, 0.5) is 0 Å². The molecule has 1 atom stereocenters. The number of nitrogens with zero attached hydrogens (tertiary/aromatic N) is 1. The third-order valence-electron chi connectivity index (χ3n) is 2.86. The molecule has 1 aromatic rings. The summed E-state index contributed by atoms with van der Waals surface area (Å²) in [7, 11) is 2.09.